The molecule has 0 saturated carbocycles. The van der Waals surface area contributed by atoms with Crippen LogP contribution in [0, 0.1) is 5.82 Å². The Bertz CT molecular complexity index is 511. The summed E-state index contributed by atoms with van der Waals surface area (Å²) in [6.45, 7) is 2.37. The largest absolute Gasteiger partial charge is 0.351 e. The summed E-state index contributed by atoms with van der Waals surface area (Å²) in [4.78, 5) is 14.4. The summed E-state index contributed by atoms with van der Waals surface area (Å²) in [6, 6.07) is 4.48. The second-order valence-corrected chi connectivity index (χ2v) is 4.21. The zero-order valence-corrected chi connectivity index (χ0v) is 10.2. The molecule has 0 aliphatic heterocycles. The number of rotatable bonds is 2. The van der Waals surface area contributed by atoms with E-state index in [0.717, 1.165) is 4.47 Å². The van der Waals surface area contributed by atoms with Crippen LogP contribution in [0.3, 0.4) is 0 Å². The highest BCUT2D eigenvalue weighted by molar-refractivity contribution is 9.10. The lowest BCUT2D eigenvalue weighted by molar-refractivity contribution is 0.0951. The first kappa shape index (κ1) is 11.1. The lowest BCUT2D eigenvalue weighted by Gasteiger charge is -1.97. The number of hydrogen-bond acceptors (Lipinski definition) is 1. The molecule has 0 aliphatic carbocycles. The standard InChI is InChI=1S/C11H10BrFN2O/c1-2-14-11(16)9-5-6-8(13)4-3-7(12)10(6)15-9/h3-5,15H,2H2,1H3,(H,14,16). The molecule has 0 fully saturated rings. The number of nitrogens with one attached hydrogen (secondary N) is 2. The van der Waals surface area contributed by atoms with Crippen LogP contribution < -0.4 is 5.32 Å². The number of aromatic amines is 1. The summed E-state index contributed by atoms with van der Waals surface area (Å²) in [5.74, 6) is -0.574. The van der Waals surface area contributed by atoms with E-state index in [4.69, 9.17) is 0 Å². The van der Waals surface area contributed by atoms with Crippen molar-refractivity contribution >= 4 is 32.7 Å². The molecule has 0 radical (unpaired) electrons. The average molecular weight is 285 g/mol. The number of H-pyrrole nitrogens is 1. The Morgan fingerprint density at radius 3 is 2.94 bits per heavy atom. The van der Waals surface area contributed by atoms with E-state index in [1.54, 1.807) is 6.07 Å². The van der Waals surface area contributed by atoms with E-state index in [1.165, 1.54) is 12.1 Å². The zero-order chi connectivity index (χ0) is 11.7. The molecule has 0 spiro atoms. The Hall–Kier alpha value is -1.36. The van der Waals surface area contributed by atoms with Gasteiger partial charge >= 0.3 is 0 Å². The molecule has 16 heavy (non-hydrogen) atoms. The molecule has 0 aliphatic rings. The van der Waals surface area contributed by atoms with Crippen LogP contribution in [0.25, 0.3) is 10.9 Å². The van der Waals surface area contributed by atoms with Crippen LogP contribution in [0.15, 0.2) is 22.7 Å². The quantitative estimate of drug-likeness (QED) is 0.875. The van der Waals surface area contributed by atoms with Gasteiger partial charge in [0.25, 0.3) is 5.91 Å². The summed E-state index contributed by atoms with van der Waals surface area (Å²) in [5.41, 5.74) is 0.962. The van der Waals surface area contributed by atoms with Crippen LogP contribution in [-0.4, -0.2) is 17.4 Å². The molecule has 0 saturated heterocycles. The molecule has 0 atom stereocenters. The van der Waals surface area contributed by atoms with E-state index in [-0.39, 0.29) is 11.7 Å². The molecule has 2 rings (SSSR count). The fourth-order valence-electron chi connectivity index (χ4n) is 1.53. The van der Waals surface area contributed by atoms with Gasteiger partial charge in [0.2, 0.25) is 0 Å². The summed E-state index contributed by atoms with van der Waals surface area (Å²) in [5, 5.41) is 3.07. The molecule has 2 N–H and O–H groups in total. The molecule has 2 aromatic rings. The lowest BCUT2D eigenvalue weighted by Crippen LogP contribution is -2.22. The molecule has 3 nitrogen and oxygen atoms in total. The van der Waals surface area contributed by atoms with Crippen molar-refractivity contribution in [3.05, 3.63) is 34.2 Å². The zero-order valence-electron chi connectivity index (χ0n) is 8.60. The highest BCUT2D eigenvalue weighted by atomic mass is 79.9. The third kappa shape index (κ3) is 1.82. The van der Waals surface area contributed by atoms with Crippen LogP contribution in [0.5, 0.6) is 0 Å². The lowest BCUT2D eigenvalue weighted by atomic mass is 10.2. The Kier molecular flexibility index (Phi) is 2.96. The van der Waals surface area contributed by atoms with Crippen LogP contribution in [0.1, 0.15) is 17.4 Å². The molecule has 1 amide bonds. The maximum atomic E-state index is 13.5. The molecule has 1 aromatic carbocycles. The van der Waals surface area contributed by atoms with Gasteiger partial charge in [-0.05, 0) is 41.1 Å². The Labute approximate surface area is 100 Å². The Morgan fingerprint density at radius 1 is 1.56 bits per heavy atom. The summed E-state index contributed by atoms with van der Waals surface area (Å²) in [7, 11) is 0. The molecular formula is C11H10BrFN2O. The molecule has 5 heteroatoms. The first-order valence-electron chi connectivity index (χ1n) is 4.88. The van der Waals surface area contributed by atoms with Crippen molar-refractivity contribution in [1.29, 1.82) is 0 Å². The van der Waals surface area contributed by atoms with Gasteiger partial charge in [-0.25, -0.2) is 4.39 Å². The highest BCUT2D eigenvalue weighted by Crippen LogP contribution is 2.26. The minimum absolute atomic E-state index is 0.231. The fourth-order valence-corrected chi connectivity index (χ4v) is 1.97. The van der Waals surface area contributed by atoms with Crippen molar-refractivity contribution in [2.24, 2.45) is 0 Å². The van der Waals surface area contributed by atoms with Gasteiger partial charge < -0.3 is 10.3 Å². The van der Waals surface area contributed by atoms with Crippen molar-refractivity contribution in [2.75, 3.05) is 6.54 Å². The normalized spacial score (nSPS) is 10.7. The van der Waals surface area contributed by atoms with Gasteiger partial charge in [0.1, 0.15) is 11.5 Å². The first-order valence-corrected chi connectivity index (χ1v) is 5.67. The predicted octanol–water partition coefficient (Wildman–Crippen LogP) is 2.82. The number of hydrogen-bond donors (Lipinski definition) is 2. The second kappa shape index (κ2) is 4.25. The van der Waals surface area contributed by atoms with Gasteiger partial charge in [-0.15, -0.1) is 0 Å². The van der Waals surface area contributed by atoms with Crippen molar-refractivity contribution in [3.63, 3.8) is 0 Å². The van der Waals surface area contributed by atoms with Gasteiger partial charge in [0.05, 0.1) is 5.52 Å². The van der Waals surface area contributed by atoms with Crippen LogP contribution in [0.2, 0.25) is 0 Å². The van der Waals surface area contributed by atoms with Gasteiger partial charge in [0.15, 0.2) is 0 Å². The predicted molar refractivity (Wildman–Crippen MR) is 64.0 cm³/mol. The third-order valence-corrected chi connectivity index (χ3v) is 2.93. The molecule has 0 bridgehead atoms. The summed E-state index contributed by atoms with van der Waals surface area (Å²) < 4.78 is 14.2. The van der Waals surface area contributed by atoms with Gasteiger partial charge in [0, 0.05) is 16.4 Å². The van der Waals surface area contributed by atoms with Crippen LogP contribution >= 0.6 is 15.9 Å². The SMILES string of the molecule is CCNC(=O)c1cc2c(F)ccc(Br)c2[nH]1. The number of benzene rings is 1. The molecular weight excluding hydrogens is 275 g/mol. The number of halogens is 2. The van der Waals surface area contributed by atoms with E-state index < -0.39 is 0 Å². The topological polar surface area (TPSA) is 44.9 Å². The Morgan fingerprint density at radius 2 is 2.31 bits per heavy atom. The van der Waals surface area contributed by atoms with Crippen molar-refractivity contribution in [3.8, 4) is 0 Å². The van der Waals surface area contributed by atoms with Crippen LogP contribution in [-0.2, 0) is 0 Å². The first-order chi connectivity index (χ1) is 7.63. The van der Waals surface area contributed by atoms with Crippen LogP contribution in [0.4, 0.5) is 4.39 Å². The van der Waals surface area contributed by atoms with E-state index in [1.807, 2.05) is 6.92 Å². The molecule has 84 valence electrons. The van der Waals surface area contributed by atoms with E-state index in [9.17, 15) is 9.18 Å². The van der Waals surface area contributed by atoms with Crippen molar-refractivity contribution in [1.82, 2.24) is 10.3 Å². The molecule has 0 unspecified atom stereocenters. The van der Waals surface area contributed by atoms with Crippen molar-refractivity contribution in [2.45, 2.75) is 6.92 Å². The van der Waals surface area contributed by atoms with Gasteiger partial charge in [-0.2, -0.15) is 0 Å². The third-order valence-electron chi connectivity index (χ3n) is 2.27. The highest BCUT2D eigenvalue weighted by Gasteiger charge is 2.12. The monoisotopic (exact) mass is 284 g/mol. The molecule has 1 heterocycles. The fraction of sp³-hybridized carbons (Fsp3) is 0.182. The second-order valence-electron chi connectivity index (χ2n) is 3.36. The smallest absolute Gasteiger partial charge is 0.267 e. The van der Waals surface area contributed by atoms with E-state index in [2.05, 4.69) is 26.2 Å². The van der Waals surface area contributed by atoms with E-state index >= 15 is 0 Å². The Balaban J connectivity index is 2.55. The number of aromatic nitrogens is 1. The minimum Gasteiger partial charge on any atom is -0.351 e. The maximum absolute atomic E-state index is 13.5. The molecule has 1 aromatic heterocycles. The van der Waals surface area contributed by atoms with E-state index in [0.29, 0.717) is 23.1 Å². The summed E-state index contributed by atoms with van der Waals surface area (Å²) in [6.07, 6.45) is 0. The average Bonchev–Trinajstić information content (AvgIpc) is 2.70. The number of carbonyl (C=O) groups is 1. The number of fused-ring (bicyclic) bond motifs is 1. The number of amides is 1. The maximum Gasteiger partial charge on any atom is 0.267 e. The van der Waals surface area contributed by atoms with Crippen molar-refractivity contribution < 1.29 is 9.18 Å². The minimum atomic E-state index is -0.343. The van der Waals surface area contributed by atoms with Gasteiger partial charge in [-0.3, -0.25) is 4.79 Å². The summed E-state index contributed by atoms with van der Waals surface area (Å²) >= 11 is 3.30. The van der Waals surface area contributed by atoms with Gasteiger partial charge in [-0.1, -0.05) is 0 Å². The number of carbonyl (C=O) groups excluding carboxylic acids is 1.